The third-order valence-corrected chi connectivity index (χ3v) is 6.75. The fourth-order valence-corrected chi connectivity index (χ4v) is 4.27. The number of anilines is 1. The van der Waals surface area contributed by atoms with Crippen molar-refractivity contribution in [2.45, 2.75) is 4.90 Å². The SMILES string of the molecule is COc1cc(OC)c2nc(NC(=O)c3ccc(S(=O)(=O)N(C)C)cc3)sc2c1. The number of sulfonamides is 1. The Bertz CT molecular complexity index is 1120. The minimum atomic E-state index is -3.54. The number of thiazole rings is 1. The van der Waals surface area contributed by atoms with E-state index in [9.17, 15) is 13.2 Å². The number of hydrogen-bond donors (Lipinski definition) is 1. The first-order chi connectivity index (χ1) is 13.3. The van der Waals surface area contributed by atoms with Gasteiger partial charge in [0.25, 0.3) is 5.91 Å². The maximum absolute atomic E-state index is 12.5. The summed E-state index contributed by atoms with van der Waals surface area (Å²) in [4.78, 5) is 17.0. The molecular formula is C18H19N3O5S2. The zero-order chi connectivity index (χ0) is 20.5. The molecule has 1 aromatic heterocycles. The van der Waals surface area contributed by atoms with Crippen LogP contribution in [0.5, 0.6) is 11.5 Å². The molecule has 28 heavy (non-hydrogen) atoms. The Balaban J connectivity index is 1.85. The van der Waals surface area contributed by atoms with Gasteiger partial charge in [0.1, 0.15) is 17.0 Å². The van der Waals surface area contributed by atoms with Crippen molar-refractivity contribution in [2.24, 2.45) is 0 Å². The summed E-state index contributed by atoms with van der Waals surface area (Å²) in [5.41, 5.74) is 0.942. The highest BCUT2D eigenvalue weighted by Gasteiger charge is 2.18. The van der Waals surface area contributed by atoms with Gasteiger partial charge < -0.3 is 9.47 Å². The van der Waals surface area contributed by atoms with E-state index in [1.54, 1.807) is 13.2 Å². The van der Waals surface area contributed by atoms with Crippen LogP contribution in [0.15, 0.2) is 41.3 Å². The molecule has 148 valence electrons. The molecule has 0 aliphatic rings. The fourth-order valence-electron chi connectivity index (χ4n) is 2.46. The molecule has 8 nitrogen and oxygen atoms in total. The molecule has 0 radical (unpaired) electrons. The molecule has 0 bridgehead atoms. The van der Waals surface area contributed by atoms with Gasteiger partial charge in [-0.2, -0.15) is 0 Å². The number of rotatable bonds is 6. The van der Waals surface area contributed by atoms with E-state index in [0.29, 0.717) is 27.7 Å². The predicted octanol–water partition coefficient (Wildman–Crippen LogP) is 2.82. The van der Waals surface area contributed by atoms with E-state index in [4.69, 9.17) is 9.47 Å². The molecule has 0 saturated heterocycles. The number of carbonyl (C=O) groups is 1. The van der Waals surface area contributed by atoms with Crippen molar-refractivity contribution < 1.29 is 22.7 Å². The largest absolute Gasteiger partial charge is 0.497 e. The number of aromatic nitrogens is 1. The number of hydrogen-bond acceptors (Lipinski definition) is 7. The highest BCUT2D eigenvalue weighted by atomic mass is 32.2. The third-order valence-electron chi connectivity index (χ3n) is 4.00. The van der Waals surface area contributed by atoms with E-state index in [1.165, 1.54) is 56.8 Å². The van der Waals surface area contributed by atoms with Crippen molar-refractivity contribution in [3.05, 3.63) is 42.0 Å². The first-order valence-corrected chi connectivity index (χ1v) is 10.4. The highest BCUT2D eigenvalue weighted by Crippen LogP contribution is 2.36. The molecule has 0 aliphatic heterocycles. The number of nitrogens with one attached hydrogen (secondary N) is 1. The molecular weight excluding hydrogens is 402 g/mol. The lowest BCUT2D eigenvalue weighted by molar-refractivity contribution is 0.102. The second kappa shape index (κ2) is 7.74. The summed E-state index contributed by atoms with van der Waals surface area (Å²) >= 11 is 1.29. The lowest BCUT2D eigenvalue weighted by Crippen LogP contribution is -2.22. The summed E-state index contributed by atoms with van der Waals surface area (Å²) in [6, 6.07) is 9.25. The van der Waals surface area contributed by atoms with E-state index in [1.807, 2.05) is 6.07 Å². The molecule has 3 aromatic rings. The molecule has 0 atom stereocenters. The van der Waals surface area contributed by atoms with E-state index in [0.717, 1.165) is 9.01 Å². The van der Waals surface area contributed by atoms with Crippen LogP contribution in [0, 0.1) is 0 Å². The predicted molar refractivity (Wildman–Crippen MR) is 108 cm³/mol. The number of carbonyl (C=O) groups excluding carboxylic acids is 1. The Morgan fingerprint density at radius 1 is 1.11 bits per heavy atom. The van der Waals surface area contributed by atoms with Gasteiger partial charge in [-0.15, -0.1) is 0 Å². The summed E-state index contributed by atoms with van der Waals surface area (Å²) in [7, 11) is 2.45. The zero-order valence-electron chi connectivity index (χ0n) is 15.7. The number of benzene rings is 2. The number of fused-ring (bicyclic) bond motifs is 1. The Morgan fingerprint density at radius 3 is 2.36 bits per heavy atom. The summed E-state index contributed by atoms with van der Waals surface area (Å²) in [6.45, 7) is 0. The van der Waals surface area contributed by atoms with Crippen LogP contribution in [0.3, 0.4) is 0 Å². The number of amides is 1. The Hall–Kier alpha value is -2.69. The Morgan fingerprint density at radius 2 is 1.79 bits per heavy atom. The average molecular weight is 422 g/mol. The fraction of sp³-hybridized carbons (Fsp3) is 0.222. The molecule has 2 aromatic carbocycles. The lowest BCUT2D eigenvalue weighted by atomic mass is 10.2. The summed E-state index contributed by atoms with van der Waals surface area (Å²) in [5, 5.41) is 3.13. The van der Waals surface area contributed by atoms with Crippen LogP contribution in [0.25, 0.3) is 10.2 Å². The third kappa shape index (κ3) is 3.79. The van der Waals surface area contributed by atoms with Gasteiger partial charge in [-0.3, -0.25) is 10.1 Å². The number of nitrogens with zero attached hydrogens (tertiary/aromatic N) is 2. The minimum absolute atomic E-state index is 0.117. The van der Waals surface area contributed by atoms with Crippen molar-refractivity contribution in [3.8, 4) is 11.5 Å². The van der Waals surface area contributed by atoms with E-state index >= 15 is 0 Å². The molecule has 0 saturated carbocycles. The van der Waals surface area contributed by atoms with Crippen LogP contribution in [-0.4, -0.2) is 51.9 Å². The van der Waals surface area contributed by atoms with Crippen molar-refractivity contribution >= 4 is 42.6 Å². The van der Waals surface area contributed by atoms with Gasteiger partial charge >= 0.3 is 0 Å². The van der Waals surface area contributed by atoms with E-state index in [2.05, 4.69) is 10.3 Å². The highest BCUT2D eigenvalue weighted by molar-refractivity contribution is 7.89. The number of ether oxygens (including phenoxy) is 2. The van der Waals surface area contributed by atoms with Gasteiger partial charge in [0, 0.05) is 25.7 Å². The van der Waals surface area contributed by atoms with Crippen molar-refractivity contribution in [3.63, 3.8) is 0 Å². The molecule has 0 aliphatic carbocycles. The Labute approximate surface area is 166 Å². The lowest BCUT2D eigenvalue weighted by Gasteiger charge is -2.11. The maximum atomic E-state index is 12.5. The molecule has 0 spiro atoms. The molecule has 3 rings (SSSR count). The van der Waals surface area contributed by atoms with Gasteiger partial charge in [-0.05, 0) is 30.3 Å². The van der Waals surface area contributed by atoms with Crippen LogP contribution >= 0.6 is 11.3 Å². The van der Waals surface area contributed by atoms with Crippen LogP contribution in [0.4, 0.5) is 5.13 Å². The molecule has 1 N–H and O–H groups in total. The summed E-state index contributed by atoms with van der Waals surface area (Å²) < 4.78 is 36.7. The van der Waals surface area contributed by atoms with Gasteiger partial charge in [0.2, 0.25) is 10.0 Å². The Kier molecular flexibility index (Phi) is 5.54. The maximum Gasteiger partial charge on any atom is 0.257 e. The molecule has 0 unspecified atom stereocenters. The standard InChI is InChI=1S/C18H19N3O5S2/c1-21(2)28(23,24)13-7-5-11(6-8-13)17(22)20-18-19-16-14(26-4)9-12(25-3)10-15(16)27-18/h5-10H,1-4H3,(H,19,20,22). The van der Waals surface area contributed by atoms with E-state index < -0.39 is 15.9 Å². The molecule has 10 heteroatoms. The molecule has 0 fully saturated rings. The first kappa shape index (κ1) is 20.1. The normalized spacial score (nSPS) is 11.6. The van der Waals surface area contributed by atoms with E-state index in [-0.39, 0.29) is 4.90 Å². The van der Waals surface area contributed by atoms with Gasteiger partial charge in [-0.25, -0.2) is 17.7 Å². The quantitative estimate of drug-likeness (QED) is 0.657. The summed E-state index contributed by atoms with van der Waals surface area (Å²) in [6.07, 6.45) is 0. The van der Waals surface area contributed by atoms with Crippen LogP contribution in [0.1, 0.15) is 10.4 Å². The topological polar surface area (TPSA) is 97.8 Å². The van der Waals surface area contributed by atoms with Crippen LogP contribution < -0.4 is 14.8 Å². The van der Waals surface area contributed by atoms with Gasteiger partial charge in [0.05, 0.1) is 23.8 Å². The minimum Gasteiger partial charge on any atom is -0.497 e. The zero-order valence-corrected chi connectivity index (χ0v) is 17.3. The second-order valence-corrected chi connectivity index (χ2v) is 9.14. The van der Waals surface area contributed by atoms with Crippen LogP contribution in [0.2, 0.25) is 0 Å². The smallest absolute Gasteiger partial charge is 0.257 e. The van der Waals surface area contributed by atoms with Crippen molar-refractivity contribution in [1.29, 1.82) is 0 Å². The van der Waals surface area contributed by atoms with Crippen molar-refractivity contribution in [1.82, 2.24) is 9.29 Å². The molecule has 1 amide bonds. The monoisotopic (exact) mass is 421 g/mol. The first-order valence-electron chi connectivity index (χ1n) is 8.12. The summed E-state index contributed by atoms with van der Waals surface area (Å²) in [5.74, 6) is 0.784. The average Bonchev–Trinajstić information content (AvgIpc) is 3.09. The second-order valence-electron chi connectivity index (χ2n) is 5.96. The number of methoxy groups -OCH3 is 2. The van der Waals surface area contributed by atoms with Crippen molar-refractivity contribution in [2.75, 3.05) is 33.6 Å². The molecule has 1 heterocycles. The van der Waals surface area contributed by atoms with Gasteiger partial charge in [-0.1, -0.05) is 11.3 Å². The van der Waals surface area contributed by atoms with Gasteiger partial charge in [0.15, 0.2) is 5.13 Å². The van der Waals surface area contributed by atoms with Crippen LogP contribution in [-0.2, 0) is 10.0 Å².